The number of ether oxygens (including phenoxy) is 2. The average molecular weight is 389 g/mol. The van der Waals surface area contributed by atoms with Crippen molar-refractivity contribution >= 4 is 29.1 Å². The van der Waals surface area contributed by atoms with Gasteiger partial charge in [-0.15, -0.1) is 0 Å². The SMILES string of the molecule is COc1cccc(CNC(=O)C2CC(=O)N(c3cccc(Cl)c3)C2)c1OC. The molecule has 1 unspecified atom stereocenters. The van der Waals surface area contributed by atoms with Gasteiger partial charge in [-0.05, 0) is 24.3 Å². The Balaban J connectivity index is 1.65. The molecule has 6 nitrogen and oxygen atoms in total. The Hall–Kier alpha value is -2.73. The lowest BCUT2D eigenvalue weighted by Crippen LogP contribution is -2.32. The predicted molar refractivity (Wildman–Crippen MR) is 103 cm³/mol. The molecule has 2 aromatic rings. The highest BCUT2D eigenvalue weighted by Crippen LogP contribution is 2.31. The number of halogens is 1. The number of hydrogen-bond acceptors (Lipinski definition) is 4. The van der Waals surface area contributed by atoms with Gasteiger partial charge in [0.1, 0.15) is 0 Å². The van der Waals surface area contributed by atoms with Crippen LogP contribution in [0, 0.1) is 5.92 Å². The number of carbonyl (C=O) groups is 2. The summed E-state index contributed by atoms with van der Waals surface area (Å²) in [4.78, 5) is 26.5. The molecule has 1 aliphatic rings. The molecule has 1 N–H and O–H groups in total. The highest BCUT2D eigenvalue weighted by molar-refractivity contribution is 6.31. The van der Waals surface area contributed by atoms with Gasteiger partial charge in [-0.2, -0.15) is 0 Å². The Kier molecular flexibility index (Phi) is 5.86. The number of para-hydroxylation sites is 1. The second-order valence-corrected chi connectivity index (χ2v) is 6.69. The second kappa shape index (κ2) is 8.31. The maximum atomic E-state index is 12.6. The molecular formula is C20H21ClN2O4. The van der Waals surface area contributed by atoms with Crippen LogP contribution in [0.2, 0.25) is 5.02 Å². The number of nitrogens with zero attached hydrogens (tertiary/aromatic N) is 1. The van der Waals surface area contributed by atoms with Crippen LogP contribution >= 0.6 is 11.6 Å². The average Bonchev–Trinajstić information content (AvgIpc) is 3.07. The molecule has 1 atom stereocenters. The van der Waals surface area contributed by atoms with Crippen molar-refractivity contribution in [3.63, 3.8) is 0 Å². The van der Waals surface area contributed by atoms with Crippen molar-refractivity contribution in [2.24, 2.45) is 5.92 Å². The maximum Gasteiger partial charge on any atom is 0.227 e. The summed E-state index contributed by atoms with van der Waals surface area (Å²) in [6.07, 6.45) is 0.174. The Labute approximate surface area is 163 Å². The summed E-state index contributed by atoms with van der Waals surface area (Å²) in [6, 6.07) is 12.6. The minimum Gasteiger partial charge on any atom is -0.493 e. The van der Waals surface area contributed by atoms with E-state index in [1.807, 2.05) is 18.2 Å². The van der Waals surface area contributed by atoms with Crippen molar-refractivity contribution in [3.8, 4) is 11.5 Å². The molecule has 0 aliphatic carbocycles. The third-order valence-electron chi connectivity index (χ3n) is 4.55. The van der Waals surface area contributed by atoms with Gasteiger partial charge in [0.25, 0.3) is 0 Å². The lowest BCUT2D eigenvalue weighted by atomic mass is 10.1. The van der Waals surface area contributed by atoms with Gasteiger partial charge >= 0.3 is 0 Å². The van der Waals surface area contributed by atoms with Crippen LogP contribution in [0.1, 0.15) is 12.0 Å². The number of amides is 2. The second-order valence-electron chi connectivity index (χ2n) is 6.26. The van der Waals surface area contributed by atoms with Crippen LogP contribution < -0.4 is 19.7 Å². The Morgan fingerprint density at radius 2 is 2.00 bits per heavy atom. The lowest BCUT2D eigenvalue weighted by Gasteiger charge is -2.17. The standard InChI is InChI=1S/C20H21ClN2O4/c1-26-17-8-3-5-13(19(17)27-2)11-22-20(25)14-9-18(24)23(12-14)16-7-4-6-15(21)10-16/h3-8,10,14H,9,11-12H2,1-2H3,(H,22,25). The zero-order chi connectivity index (χ0) is 19.4. The monoisotopic (exact) mass is 388 g/mol. The van der Waals surface area contributed by atoms with Gasteiger partial charge in [-0.1, -0.05) is 29.8 Å². The van der Waals surface area contributed by atoms with Gasteiger partial charge in [0, 0.05) is 35.8 Å². The van der Waals surface area contributed by atoms with Gasteiger partial charge in [0.2, 0.25) is 11.8 Å². The van der Waals surface area contributed by atoms with E-state index in [1.165, 1.54) is 0 Å². The summed E-state index contributed by atoms with van der Waals surface area (Å²) in [6.45, 7) is 0.626. The van der Waals surface area contributed by atoms with E-state index in [0.29, 0.717) is 35.3 Å². The fourth-order valence-electron chi connectivity index (χ4n) is 3.20. The van der Waals surface area contributed by atoms with Gasteiger partial charge < -0.3 is 19.7 Å². The molecule has 2 aromatic carbocycles. The number of nitrogens with one attached hydrogen (secondary N) is 1. The zero-order valence-corrected chi connectivity index (χ0v) is 16.0. The number of methoxy groups -OCH3 is 2. The van der Waals surface area contributed by atoms with Crippen molar-refractivity contribution < 1.29 is 19.1 Å². The van der Waals surface area contributed by atoms with Crippen LogP contribution in [0.5, 0.6) is 11.5 Å². The predicted octanol–water partition coefficient (Wildman–Crippen LogP) is 3.03. The minimum atomic E-state index is -0.409. The molecule has 0 spiro atoms. The number of carbonyl (C=O) groups excluding carboxylic acids is 2. The quantitative estimate of drug-likeness (QED) is 0.826. The van der Waals surface area contributed by atoms with E-state index in [1.54, 1.807) is 43.4 Å². The van der Waals surface area contributed by atoms with E-state index in [2.05, 4.69) is 5.32 Å². The fraction of sp³-hybridized carbons (Fsp3) is 0.300. The molecule has 0 saturated carbocycles. The van der Waals surface area contributed by atoms with E-state index in [0.717, 1.165) is 5.56 Å². The molecule has 1 heterocycles. The van der Waals surface area contributed by atoms with E-state index in [-0.39, 0.29) is 18.2 Å². The first kappa shape index (κ1) is 19.0. The van der Waals surface area contributed by atoms with Crippen LogP contribution in [-0.4, -0.2) is 32.6 Å². The number of hydrogen-bond donors (Lipinski definition) is 1. The number of benzene rings is 2. The third kappa shape index (κ3) is 4.17. The van der Waals surface area contributed by atoms with E-state index in [4.69, 9.17) is 21.1 Å². The first-order valence-electron chi connectivity index (χ1n) is 8.57. The number of anilines is 1. The molecule has 1 saturated heterocycles. The molecule has 0 radical (unpaired) electrons. The van der Waals surface area contributed by atoms with Gasteiger partial charge in [-0.3, -0.25) is 9.59 Å². The van der Waals surface area contributed by atoms with Crippen LogP contribution in [0.15, 0.2) is 42.5 Å². The third-order valence-corrected chi connectivity index (χ3v) is 4.79. The summed E-state index contributed by atoms with van der Waals surface area (Å²) < 4.78 is 10.6. The molecule has 142 valence electrons. The molecule has 3 rings (SSSR count). The molecule has 7 heteroatoms. The van der Waals surface area contributed by atoms with Gasteiger partial charge in [0.05, 0.1) is 20.1 Å². The first-order chi connectivity index (χ1) is 13.0. The zero-order valence-electron chi connectivity index (χ0n) is 15.2. The fourth-order valence-corrected chi connectivity index (χ4v) is 3.38. The van der Waals surface area contributed by atoms with Crippen LogP contribution in [-0.2, 0) is 16.1 Å². The van der Waals surface area contributed by atoms with E-state index < -0.39 is 5.92 Å². The van der Waals surface area contributed by atoms with E-state index >= 15 is 0 Å². The van der Waals surface area contributed by atoms with Gasteiger partial charge in [-0.25, -0.2) is 0 Å². The molecule has 0 aromatic heterocycles. The van der Waals surface area contributed by atoms with Crippen LogP contribution in [0.3, 0.4) is 0 Å². The normalized spacial score (nSPS) is 16.3. The van der Waals surface area contributed by atoms with Crippen molar-refractivity contribution in [1.82, 2.24) is 5.32 Å². The van der Waals surface area contributed by atoms with Crippen molar-refractivity contribution in [3.05, 3.63) is 53.1 Å². The molecule has 2 amide bonds. The lowest BCUT2D eigenvalue weighted by molar-refractivity contribution is -0.126. The smallest absolute Gasteiger partial charge is 0.227 e. The summed E-state index contributed by atoms with van der Waals surface area (Å²) in [5.41, 5.74) is 1.51. The summed E-state index contributed by atoms with van der Waals surface area (Å²) in [7, 11) is 3.12. The maximum absolute atomic E-state index is 12.6. The Morgan fingerprint density at radius 3 is 2.70 bits per heavy atom. The van der Waals surface area contributed by atoms with Crippen LogP contribution in [0.25, 0.3) is 0 Å². The van der Waals surface area contributed by atoms with Crippen molar-refractivity contribution in [1.29, 1.82) is 0 Å². The molecule has 1 aliphatic heterocycles. The Morgan fingerprint density at radius 1 is 1.22 bits per heavy atom. The summed E-state index contributed by atoms with van der Waals surface area (Å²) in [5.74, 6) is 0.526. The molecule has 27 heavy (non-hydrogen) atoms. The largest absolute Gasteiger partial charge is 0.493 e. The first-order valence-corrected chi connectivity index (χ1v) is 8.94. The van der Waals surface area contributed by atoms with Crippen molar-refractivity contribution in [2.75, 3.05) is 25.7 Å². The van der Waals surface area contributed by atoms with Gasteiger partial charge in [0.15, 0.2) is 11.5 Å². The Bertz CT molecular complexity index is 856. The van der Waals surface area contributed by atoms with Crippen molar-refractivity contribution in [2.45, 2.75) is 13.0 Å². The summed E-state index contributed by atoms with van der Waals surface area (Å²) in [5, 5.41) is 3.45. The summed E-state index contributed by atoms with van der Waals surface area (Å²) >= 11 is 6.00. The van der Waals surface area contributed by atoms with E-state index in [9.17, 15) is 9.59 Å². The molecule has 1 fully saturated rings. The topological polar surface area (TPSA) is 67.9 Å². The molecule has 0 bridgehead atoms. The van der Waals surface area contributed by atoms with Crippen LogP contribution in [0.4, 0.5) is 5.69 Å². The highest BCUT2D eigenvalue weighted by Gasteiger charge is 2.35. The number of rotatable bonds is 6. The highest BCUT2D eigenvalue weighted by atomic mass is 35.5. The minimum absolute atomic E-state index is 0.0867. The molecular weight excluding hydrogens is 368 g/mol.